The second-order valence-electron chi connectivity index (χ2n) is 3.52. The van der Waals surface area contributed by atoms with Crippen molar-refractivity contribution >= 4 is 5.91 Å². The van der Waals surface area contributed by atoms with Gasteiger partial charge < -0.3 is 10.1 Å². The van der Waals surface area contributed by atoms with Crippen LogP contribution in [0.3, 0.4) is 0 Å². The van der Waals surface area contributed by atoms with Gasteiger partial charge in [0.15, 0.2) is 0 Å². The molecule has 3 nitrogen and oxygen atoms in total. The molecule has 74 valence electrons. The van der Waals surface area contributed by atoms with Gasteiger partial charge in [-0.15, -0.1) is 0 Å². The lowest BCUT2D eigenvalue weighted by Crippen LogP contribution is -2.38. The van der Waals surface area contributed by atoms with Crippen molar-refractivity contribution in [1.29, 1.82) is 0 Å². The van der Waals surface area contributed by atoms with E-state index < -0.39 is 0 Å². The Labute approximate surface area is 83.1 Å². The zero-order valence-corrected chi connectivity index (χ0v) is 8.12. The van der Waals surface area contributed by atoms with Gasteiger partial charge in [-0.3, -0.25) is 4.79 Å². The standard InChI is InChI=1S/C11H13NO2/c1-14-11(7-8-11)12-10(13)9-5-3-2-4-6-9/h2-6H,7-8H2,1H3,(H,12,13). The molecule has 2 rings (SSSR count). The normalized spacial score (nSPS) is 17.5. The first-order chi connectivity index (χ1) is 6.76. The van der Waals surface area contributed by atoms with Crippen LogP contribution in [0.25, 0.3) is 0 Å². The summed E-state index contributed by atoms with van der Waals surface area (Å²) in [6.07, 6.45) is 1.81. The number of benzene rings is 1. The molecule has 3 heteroatoms. The second kappa shape index (κ2) is 3.42. The van der Waals surface area contributed by atoms with E-state index in [0.29, 0.717) is 5.56 Å². The third-order valence-electron chi connectivity index (χ3n) is 2.47. The summed E-state index contributed by atoms with van der Waals surface area (Å²) in [4.78, 5) is 11.7. The number of hydrogen-bond acceptors (Lipinski definition) is 2. The van der Waals surface area contributed by atoms with E-state index in [1.54, 1.807) is 19.2 Å². The summed E-state index contributed by atoms with van der Waals surface area (Å²) >= 11 is 0. The molecule has 0 radical (unpaired) electrons. The first-order valence-corrected chi connectivity index (χ1v) is 4.68. The van der Waals surface area contributed by atoms with Crippen LogP contribution in [0.4, 0.5) is 0 Å². The molecule has 1 saturated carbocycles. The topological polar surface area (TPSA) is 38.3 Å². The van der Waals surface area contributed by atoms with E-state index >= 15 is 0 Å². The van der Waals surface area contributed by atoms with E-state index in [0.717, 1.165) is 12.8 Å². The molecule has 0 bridgehead atoms. The number of nitrogens with one attached hydrogen (secondary N) is 1. The van der Waals surface area contributed by atoms with Gasteiger partial charge in [0.25, 0.3) is 5.91 Å². The van der Waals surface area contributed by atoms with Crippen molar-refractivity contribution in [2.75, 3.05) is 7.11 Å². The van der Waals surface area contributed by atoms with Gasteiger partial charge in [0.05, 0.1) is 0 Å². The van der Waals surface area contributed by atoms with Gasteiger partial charge in [-0.2, -0.15) is 0 Å². The largest absolute Gasteiger partial charge is 0.359 e. The van der Waals surface area contributed by atoms with Crippen molar-refractivity contribution in [2.45, 2.75) is 18.6 Å². The Balaban J connectivity index is 2.03. The fraction of sp³-hybridized carbons (Fsp3) is 0.364. The van der Waals surface area contributed by atoms with Crippen molar-refractivity contribution < 1.29 is 9.53 Å². The molecule has 1 amide bonds. The summed E-state index contributed by atoms with van der Waals surface area (Å²) in [5.74, 6) is -0.0649. The highest BCUT2D eigenvalue weighted by molar-refractivity contribution is 5.94. The van der Waals surface area contributed by atoms with Crippen LogP contribution in [-0.2, 0) is 4.74 Å². The average Bonchev–Trinajstić information content (AvgIpc) is 3.00. The summed E-state index contributed by atoms with van der Waals surface area (Å²) in [6, 6.07) is 9.17. The molecule has 0 heterocycles. The monoisotopic (exact) mass is 191 g/mol. The van der Waals surface area contributed by atoms with Crippen LogP contribution < -0.4 is 5.32 Å². The number of carbonyl (C=O) groups excluding carboxylic acids is 1. The van der Waals surface area contributed by atoms with Gasteiger partial charge in [0, 0.05) is 12.7 Å². The quantitative estimate of drug-likeness (QED) is 0.736. The molecular formula is C11H13NO2. The van der Waals surface area contributed by atoms with Crippen molar-refractivity contribution in [1.82, 2.24) is 5.32 Å². The summed E-state index contributed by atoms with van der Waals surface area (Å²) in [6.45, 7) is 0. The highest BCUT2D eigenvalue weighted by atomic mass is 16.5. The maximum atomic E-state index is 11.7. The molecule has 0 spiro atoms. The Hall–Kier alpha value is -1.35. The highest BCUT2D eigenvalue weighted by Gasteiger charge is 2.44. The van der Waals surface area contributed by atoms with E-state index in [-0.39, 0.29) is 11.6 Å². The summed E-state index contributed by atoms with van der Waals surface area (Å²) < 4.78 is 5.21. The zero-order chi connectivity index (χ0) is 10.0. The lowest BCUT2D eigenvalue weighted by Gasteiger charge is -2.15. The Morgan fingerprint density at radius 3 is 2.50 bits per heavy atom. The molecule has 1 N–H and O–H groups in total. The summed E-state index contributed by atoms with van der Waals surface area (Å²) in [7, 11) is 1.62. The predicted molar refractivity (Wildman–Crippen MR) is 52.9 cm³/mol. The minimum absolute atomic E-state index is 0.0649. The molecule has 0 saturated heterocycles. The highest BCUT2D eigenvalue weighted by Crippen LogP contribution is 2.35. The SMILES string of the molecule is COC1(NC(=O)c2ccccc2)CC1. The maximum Gasteiger partial charge on any atom is 0.253 e. The minimum Gasteiger partial charge on any atom is -0.359 e. The Morgan fingerprint density at radius 2 is 2.00 bits per heavy atom. The smallest absolute Gasteiger partial charge is 0.253 e. The van der Waals surface area contributed by atoms with Gasteiger partial charge in [-0.25, -0.2) is 0 Å². The average molecular weight is 191 g/mol. The Kier molecular flexibility index (Phi) is 2.25. The number of amides is 1. The van der Waals surface area contributed by atoms with Crippen molar-refractivity contribution in [2.24, 2.45) is 0 Å². The summed E-state index contributed by atoms with van der Waals surface area (Å²) in [5.41, 5.74) is 0.295. The predicted octanol–water partition coefficient (Wildman–Crippen LogP) is 1.55. The zero-order valence-electron chi connectivity index (χ0n) is 8.12. The first kappa shape index (κ1) is 9.21. The number of hydrogen-bond donors (Lipinski definition) is 1. The maximum absolute atomic E-state index is 11.7. The molecule has 1 aromatic carbocycles. The van der Waals surface area contributed by atoms with Crippen LogP contribution >= 0.6 is 0 Å². The number of ether oxygens (including phenoxy) is 1. The molecular weight excluding hydrogens is 178 g/mol. The number of carbonyl (C=O) groups is 1. The molecule has 0 aliphatic heterocycles. The van der Waals surface area contributed by atoms with Crippen molar-refractivity contribution in [3.05, 3.63) is 35.9 Å². The van der Waals surface area contributed by atoms with Crippen molar-refractivity contribution in [3.8, 4) is 0 Å². The molecule has 1 aromatic rings. The molecule has 0 aromatic heterocycles. The third kappa shape index (κ3) is 1.77. The van der Waals surface area contributed by atoms with Gasteiger partial charge in [-0.05, 0) is 25.0 Å². The first-order valence-electron chi connectivity index (χ1n) is 4.68. The van der Waals surface area contributed by atoms with Gasteiger partial charge in [0.1, 0.15) is 5.72 Å². The van der Waals surface area contributed by atoms with Crippen LogP contribution in [-0.4, -0.2) is 18.7 Å². The Morgan fingerprint density at radius 1 is 1.36 bits per heavy atom. The fourth-order valence-corrected chi connectivity index (χ4v) is 1.36. The lowest BCUT2D eigenvalue weighted by molar-refractivity contribution is 0.0430. The van der Waals surface area contributed by atoms with E-state index in [9.17, 15) is 4.79 Å². The van der Waals surface area contributed by atoms with Crippen molar-refractivity contribution in [3.63, 3.8) is 0 Å². The number of methoxy groups -OCH3 is 1. The van der Waals surface area contributed by atoms with Crippen LogP contribution in [0.15, 0.2) is 30.3 Å². The fourth-order valence-electron chi connectivity index (χ4n) is 1.36. The molecule has 1 fully saturated rings. The molecule has 0 atom stereocenters. The van der Waals surface area contributed by atoms with Gasteiger partial charge in [-0.1, -0.05) is 18.2 Å². The molecule has 14 heavy (non-hydrogen) atoms. The van der Waals surface area contributed by atoms with E-state index in [2.05, 4.69) is 5.32 Å². The van der Waals surface area contributed by atoms with Crippen LogP contribution in [0.1, 0.15) is 23.2 Å². The van der Waals surface area contributed by atoms with Gasteiger partial charge in [0.2, 0.25) is 0 Å². The minimum atomic E-state index is -0.382. The van der Waals surface area contributed by atoms with E-state index in [1.165, 1.54) is 0 Å². The summed E-state index contributed by atoms with van der Waals surface area (Å²) in [5, 5.41) is 2.87. The second-order valence-corrected chi connectivity index (χ2v) is 3.52. The number of rotatable bonds is 3. The lowest BCUT2D eigenvalue weighted by atomic mass is 10.2. The van der Waals surface area contributed by atoms with Crippen LogP contribution in [0, 0.1) is 0 Å². The Bertz CT molecular complexity index is 330. The molecule has 1 aliphatic carbocycles. The van der Waals surface area contributed by atoms with Crippen LogP contribution in [0.5, 0.6) is 0 Å². The third-order valence-corrected chi connectivity index (χ3v) is 2.47. The van der Waals surface area contributed by atoms with E-state index in [1.807, 2.05) is 18.2 Å². The van der Waals surface area contributed by atoms with Crippen LogP contribution in [0.2, 0.25) is 0 Å². The van der Waals surface area contributed by atoms with E-state index in [4.69, 9.17) is 4.74 Å². The molecule has 0 unspecified atom stereocenters. The molecule has 1 aliphatic rings. The van der Waals surface area contributed by atoms with Gasteiger partial charge >= 0.3 is 0 Å².